The van der Waals surface area contributed by atoms with Gasteiger partial charge in [-0.15, -0.1) is 0 Å². The molecule has 0 aliphatic heterocycles. The highest BCUT2D eigenvalue weighted by Gasteiger charge is 2.13. The maximum Gasteiger partial charge on any atom is 0.291 e. The Morgan fingerprint density at radius 3 is 3.04 bits per heavy atom. The van der Waals surface area contributed by atoms with E-state index >= 15 is 0 Å². The van der Waals surface area contributed by atoms with Gasteiger partial charge in [-0.25, -0.2) is 4.68 Å². The lowest BCUT2D eigenvalue weighted by atomic mass is 10.3. The van der Waals surface area contributed by atoms with Crippen molar-refractivity contribution in [3.8, 4) is 5.75 Å². The monoisotopic (exact) mass is 361 g/mol. The van der Waals surface area contributed by atoms with Crippen molar-refractivity contribution < 1.29 is 18.7 Å². The van der Waals surface area contributed by atoms with E-state index in [9.17, 15) is 4.79 Å². The molecule has 2 heterocycles. The molecule has 2 aromatic heterocycles. The zero-order valence-electron chi connectivity index (χ0n) is 13.4. The molecule has 3 rings (SSSR count). The van der Waals surface area contributed by atoms with E-state index in [1.807, 2.05) is 0 Å². The van der Waals surface area contributed by atoms with Crippen molar-refractivity contribution in [2.45, 2.75) is 13.3 Å². The molecule has 25 heavy (non-hydrogen) atoms. The number of furan rings is 1. The lowest BCUT2D eigenvalue weighted by Crippen LogP contribution is -2.10. The number of rotatable bonds is 7. The summed E-state index contributed by atoms with van der Waals surface area (Å²) in [7, 11) is 1.57. The van der Waals surface area contributed by atoms with Gasteiger partial charge in [-0.05, 0) is 30.3 Å². The first kappa shape index (κ1) is 17.1. The lowest BCUT2D eigenvalue weighted by Gasteiger charge is -2.04. The number of halogens is 1. The summed E-state index contributed by atoms with van der Waals surface area (Å²) in [5.41, 5.74) is 0.551. The van der Waals surface area contributed by atoms with Crippen molar-refractivity contribution in [3.05, 3.63) is 65.3 Å². The molecule has 8 heteroatoms. The molecule has 3 aromatic rings. The minimum atomic E-state index is -0.369. The second kappa shape index (κ2) is 7.87. The van der Waals surface area contributed by atoms with Gasteiger partial charge in [-0.2, -0.15) is 5.10 Å². The van der Waals surface area contributed by atoms with E-state index in [0.29, 0.717) is 29.0 Å². The Bertz CT molecular complexity index is 859. The number of carbonyl (C=O) groups is 1. The highest BCUT2D eigenvalue weighted by molar-refractivity contribution is 6.30. The molecule has 0 bridgehead atoms. The van der Waals surface area contributed by atoms with E-state index in [4.69, 9.17) is 25.5 Å². The van der Waals surface area contributed by atoms with Gasteiger partial charge in [0.25, 0.3) is 5.91 Å². The molecule has 0 unspecified atom stereocenters. The fourth-order valence-corrected chi connectivity index (χ4v) is 2.29. The third-order valence-electron chi connectivity index (χ3n) is 3.22. The topological polar surface area (TPSA) is 78.5 Å². The van der Waals surface area contributed by atoms with Crippen LogP contribution in [-0.4, -0.2) is 22.8 Å². The number of hydrogen-bond acceptors (Lipinski definition) is 5. The first-order valence-corrected chi connectivity index (χ1v) is 7.81. The molecule has 0 aliphatic carbocycles. The minimum Gasteiger partial charge on any atom is -0.486 e. The number of ether oxygens (including phenoxy) is 2. The van der Waals surface area contributed by atoms with Crippen LogP contribution in [0.3, 0.4) is 0 Å². The van der Waals surface area contributed by atoms with Gasteiger partial charge in [0.05, 0.1) is 18.1 Å². The van der Waals surface area contributed by atoms with E-state index in [2.05, 4.69) is 10.4 Å². The summed E-state index contributed by atoms with van der Waals surface area (Å²) in [5, 5.41) is 7.33. The SMILES string of the molecule is COCn1cc(NC(=O)c2ccc(COc3cccc(Cl)c3)o2)cn1. The van der Waals surface area contributed by atoms with Gasteiger partial charge < -0.3 is 19.2 Å². The molecule has 1 N–H and O–H groups in total. The normalized spacial score (nSPS) is 10.6. The van der Waals surface area contributed by atoms with Gasteiger partial charge in [0.1, 0.15) is 24.8 Å². The summed E-state index contributed by atoms with van der Waals surface area (Å²) >= 11 is 5.90. The second-order valence-corrected chi connectivity index (χ2v) is 5.59. The molecule has 7 nitrogen and oxygen atoms in total. The van der Waals surface area contributed by atoms with E-state index in [1.165, 1.54) is 6.20 Å². The highest BCUT2D eigenvalue weighted by Crippen LogP contribution is 2.19. The fourth-order valence-electron chi connectivity index (χ4n) is 2.11. The highest BCUT2D eigenvalue weighted by atomic mass is 35.5. The number of carbonyl (C=O) groups excluding carboxylic acids is 1. The van der Waals surface area contributed by atoms with Crippen LogP contribution in [0.2, 0.25) is 5.02 Å². The number of aromatic nitrogens is 2. The number of methoxy groups -OCH3 is 1. The van der Waals surface area contributed by atoms with Crippen molar-refractivity contribution in [2.75, 3.05) is 12.4 Å². The average molecular weight is 362 g/mol. The molecule has 0 saturated carbocycles. The smallest absolute Gasteiger partial charge is 0.291 e. The predicted octanol–water partition coefficient (Wildman–Crippen LogP) is 3.56. The largest absolute Gasteiger partial charge is 0.486 e. The van der Waals surface area contributed by atoms with Crippen molar-refractivity contribution in [1.29, 1.82) is 0 Å². The molecule has 130 valence electrons. The first-order valence-electron chi connectivity index (χ1n) is 7.44. The fraction of sp³-hybridized carbons (Fsp3) is 0.176. The van der Waals surface area contributed by atoms with Crippen LogP contribution < -0.4 is 10.1 Å². The van der Waals surface area contributed by atoms with Gasteiger partial charge in [-0.3, -0.25) is 4.79 Å². The molecular weight excluding hydrogens is 346 g/mol. The molecule has 0 radical (unpaired) electrons. The Balaban J connectivity index is 1.57. The van der Waals surface area contributed by atoms with Crippen molar-refractivity contribution in [3.63, 3.8) is 0 Å². The Morgan fingerprint density at radius 1 is 1.36 bits per heavy atom. The third-order valence-corrected chi connectivity index (χ3v) is 3.45. The van der Waals surface area contributed by atoms with Crippen LogP contribution in [0.25, 0.3) is 0 Å². The molecule has 0 atom stereocenters. The van der Waals surface area contributed by atoms with E-state index in [1.54, 1.807) is 54.4 Å². The van der Waals surface area contributed by atoms with E-state index < -0.39 is 0 Å². The maximum absolute atomic E-state index is 12.2. The van der Waals surface area contributed by atoms with Crippen LogP contribution in [0.4, 0.5) is 5.69 Å². The van der Waals surface area contributed by atoms with Crippen molar-refractivity contribution >= 4 is 23.2 Å². The Labute approximate surface area is 149 Å². The van der Waals surface area contributed by atoms with Gasteiger partial charge in [0.2, 0.25) is 0 Å². The van der Waals surface area contributed by atoms with Gasteiger partial charge >= 0.3 is 0 Å². The zero-order chi connectivity index (χ0) is 17.6. The first-order chi connectivity index (χ1) is 12.1. The average Bonchev–Trinajstić information content (AvgIpc) is 3.23. The van der Waals surface area contributed by atoms with E-state index in [0.717, 1.165) is 0 Å². The molecule has 0 spiro atoms. The van der Waals surface area contributed by atoms with Crippen molar-refractivity contribution in [2.24, 2.45) is 0 Å². The summed E-state index contributed by atoms with van der Waals surface area (Å²) in [6.07, 6.45) is 3.19. The molecule has 0 fully saturated rings. The lowest BCUT2D eigenvalue weighted by molar-refractivity contribution is 0.0992. The van der Waals surface area contributed by atoms with Crippen molar-refractivity contribution in [1.82, 2.24) is 9.78 Å². The van der Waals surface area contributed by atoms with Crippen LogP contribution >= 0.6 is 11.6 Å². The number of hydrogen-bond donors (Lipinski definition) is 1. The van der Waals surface area contributed by atoms with Gasteiger partial charge in [0, 0.05) is 12.1 Å². The number of nitrogens with one attached hydrogen (secondary N) is 1. The molecule has 1 amide bonds. The summed E-state index contributed by atoms with van der Waals surface area (Å²) in [4.78, 5) is 12.2. The van der Waals surface area contributed by atoms with E-state index in [-0.39, 0.29) is 18.3 Å². The zero-order valence-corrected chi connectivity index (χ0v) is 14.2. The summed E-state index contributed by atoms with van der Waals surface area (Å²) in [6, 6.07) is 10.3. The number of amides is 1. The number of anilines is 1. The molecule has 1 aromatic carbocycles. The second-order valence-electron chi connectivity index (χ2n) is 5.15. The van der Waals surface area contributed by atoms with Gasteiger partial charge in [0.15, 0.2) is 5.76 Å². The Morgan fingerprint density at radius 2 is 2.24 bits per heavy atom. The Kier molecular flexibility index (Phi) is 5.37. The van der Waals surface area contributed by atoms with Crippen LogP contribution in [0.5, 0.6) is 5.75 Å². The summed E-state index contributed by atoms with van der Waals surface area (Å²) in [6.45, 7) is 0.501. The molecular formula is C17H16ClN3O4. The molecule has 0 saturated heterocycles. The maximum atomic E-state index is 12.2. The van der Waals surface area contributed by atoms with Crippen LogP contribution in [0.15, 0.2) is 53.2 Å². The predicted molar refractivity (Wildman–Crippen MR) is 91.7 cm³/mol. The standard InChI is InChI=1S/C17H16ClN3O4/c1-23-11-21-9-13(8-19-21)20-17(22)16-6-5-15(25-16)10-24-14-4-2-3-12(18)7-14/h2-9H,10-11H2,1H3,(H,20,22). The summed E-state index contributed by atoms with van der Waals surface area (Å²) < 4.78 is 17.6. The van der Waals surface area contributed by atoms with Crippen LogP contribution in [-0.2, 0) is 18.1 Å². The van der Waals surface area contributed by atoms with Crippen LogP contribution in [0.1, 0.15) is 16.3 Å². The summed E-state index contributed by atoms with van der Waals surface area (Å²) in [5.74, 6) is 0.968. The number of nitrogens with zero attached hydrogens (tertiary/aromatic N) is 2. The van der Waals surface area contributed by atoms with Crippen LogP contribution in [0, 0.1) is 0 Å². The Hall–Kier alpha value is -2.77. The quantitative estimate of drug-likeness (QED) is 0.696. The minimum absolute atomic E-state index is 0.184. The van der Waals surface area contributed by atoms with Gasteiger partial charge in [-0.1, -0.05) is 17.7 Å². The number of benzene rings is 1. The molecule has 0 aliphatic rings. The third kappa shape index (κ3) is 4.62.